The summed E-state index contributed by atoms with van der Waals surface area (Å²) in [4.78, 5) is 23.1. The molecule has 2 amide bonds. The van der Waals surface area contributed by atoms with Crippen LogP contribution in [0.2, 0.25) is 0 Å². The molecule has 110 valence electrons. The lowest BCUT2D eigenvalue weighted by Gasteiger charge is -2.06. The zero-order valence-electron chi connectivity index (χ0n) is 11.5. The van der Waals surface area contributed by atoms with Gasteiger partial charge in [-0.15, -0.1) is 0 Å². The second-order valence-electron chi connectivity index (χ2n) is 4.64. The van der Waals surface area contributed by atoms with Crippen LogP contribution in [0.25, 0.3) is 0 Å². The summed E-state index contributed by atoms with van der Waals surface area (Å²) in [6.45, 7) is 1.77. The van der Waals surface area contributed by atoms with Crippen molar-refractivity contribution in [2.75, 3.05) is 0 Å². The van der Waals surface area contributed by atoms with Crippen LogP contribution in [0.1, 0.15) is 25.3 Å². The minimum Gasteiger partial charge on any atom is -0.273 e. The van der Waals surface area contributed by atoms with E-state index < -0.39 is 0 Å². The van der Waals surface area contributed by atoms with Crippen molar-refractivity contribution in [1.29, 1.82) is 0 Å². The fraction of sp³-hybridized carbons (Fsp3) is 0.286. The highest BCUT2D eigenvalue weighted by Crippen LogP contribution is 2.14. The van der Waals surface area contributed by atoms with Gasteiger partial charge in [0.15, 0.2) is 0 Å². The van der Waals surface area contributed by atoms with E-state index in [2.05, 4.69) is 37.0 Å². The highest BCUT2D eigenvalue weighted by Gasteiger charge is 2.26. The van der Waals surface area contributed by atoms with Crippen molar-refractivity contribution in [2.45, 2.75) is 19.8 Å². The van der Waals surface area contributed by atoms with Gasteiger partial charge in [0.1, 0.15) is 0 Å². The summed E-state index contributed by atoms with van der Waals surface area (Å²) >= 11 is 3.39. The number of halogens is 1. The molecule has 1 atom stereocenters. The molecule has 1 aliphatic heterocycles. The summed E-state index contributed by atoms with van der Waals surface area (Å²) < 4.78 is 0.900. The monoisotopic (exact) mass is 350 g/mol. The van der Waals surface area contributed by atoms with Crippen LogP contribution in [0.15, 0.2) is 38.9 Å². The quantitative estimate of drug-likeness (QED) is 0.626. The SMILES string of the molecule is CC1=NNC(=O)C1CCC(=O)NN=Cc1ccccc1Br. The maximum Gasteiger partial charge on any atom is 0.248 e. The molecule has 0 aliphatic carbocycles. The smallest absolute Gasteiger partial charge is 0.248 e. The molecule has 0 saturated heterocycles. The van der Waals surface area contributed by atoms with Crippen LogP contribution in [-0.4, -0.2) is 23.7 Å². The molecule has 1 aromatic carbocycles. The molecule has 1 unspecified atom stereocenters. The number of hydrazone groups is 2. The Balaban J connectivity index is 1.79. The first kappa shape index (κ1) is 15.4. The zero-order valence-corrected chi connectivity index (χ0v) is 13.1. The van der Waals surface area contributed by atoms with Gasteiger partial charge in [-0.3, -0.25) is 9.59 Å². The molecular formula is C14H15BrN4O2. The van der Waals surface area contributed by atoms with Gasteiger partial charge in [0.2, 0.25) is 11.8 Å². The summed E-state index contributed by atoms with van der Waals surface area (Å²) in [5, 5.41) is 7.74. The van der Waals surface area contributed by atoms with E-state index in [1.807, 2.05) is 24.3 Å². The van der Waals surface area contributed by atoms with Crippen molar-refractivity contribution in [3.63, 3.8) is 0 Å². The number of carbonyl (C=O) groups excluding carboxylic acids is 2. The predicted molar refractivity (Wildman–Crippen MR) is 83.9 cm³/mol. The third-order valence-corrected chi connectivity index (χ3v) is 3.84. The third-order valence-electron chi connectivity index (χ3n) is 3.12. The van der Waals surface area contributed by atoms with E-state index in [9.17, 15) is 9.59 Å². The minimum absolute atomic E-state index is 0.156. The van der Waals surface area contributed by atoms with E-state index >= 15 is 0 Å². The molecule has 2 N–H and O–H groups in total. The molecule has 1 aromatic rings. The highest BCUT2D eigenvalue weighted by molar-refractivity contribution is 9.10. The van der Waals surface area contributed by atoms with Crippen LogP contribution in [-0.2, 0) is 9.59 Å². The van der Waals surface area contributed by atoms with Gasteiger partial charge >= 0.3 is 0 Å². The normalized spacial score (nSPS) is 17.7. The van der Waals surface area contributed by atoms with Gasteiger partial charge < -0.3 is 0 Å². The summed E-state index contributed by atoms with van der Waals surface area (Å²) in [5.41, 5.74) is 6.43. The molecular weight excluding hydrogens is 336 g/mol. The van der Waals surface area contributed by atoms with Crippen molar-refractivity contribution in [3.05, 3.63) is 34.3 Å². The lowest BCUT2D eigenvalue weighted by Crippen LogP contribution is -2.25. The average molecular weight is 351 g/mol. The van der Waals surface area contributed by atoms with E-state index in [0.717, 1.165) is 10.0 Å². The van der Waals surface area contributed by atoms with Crippen LogP contribution in [0.5, 0.6) is 0 Å². The summed E-state index contributed by atoms with van der Waals surface area (Å²) in [6, 6.07) is 7.55. The van der Waals surface area contributed by atoms with Gasteiger partial charge in [0, 0.05) is 22.2 Å². The summed E-state index contributed by atoms with van der Waals surface area (Å²) in [7, 11) is 0. The number of benzene rings is 1. The van der Waals surface area contributed by atoms with Crippen molar-refractivity contribution in [1.82, 2.24) is 10.9 Å². The van der Waals surface area contributed by atoms with Gasteiger partial charge in [0.05, 0.1) is 12.1 Å². The van der Waals surface area contributed by atoms with Gasteiger partial charge in [-0.05, 0) is 19.4 Å². The summed E-state index contributed by atoms with van der Waals surface area (Å²) in [6.07, 6.45) is 2.22. The van der Waals surface area contributed by atoms with Crippen molar-refractivity contribution >= 4 is 39.7 Å². The van der Waals surface area contributed by atoms with Crippen molar-refractivity contribution in [2.24, 2.45) is 16.1 Å². The van der Waals surface area contributed by atoms with E-state index in [1.165, 1.54) is 0 Å². The molecule has 1 aliphatic rings. The second-order valence-corrected chi connectivity index (χ2v) is 5.49. The van der Waals surface area contributed by atoms with E-state index in [4.69, 9.17) is 0 Å². The Morgan fingerprint density at radius 3 is 2.95 bits per heavy atom. The maximum absolute atomic E-state index is 11.7. The summed E-state index contributed by atoms with van der Waals surface area (Å²) in [5.74, 6) is -0.703. The Kier molecular flexibility index (Phi) is 5.21. The number of nitrogens with one attached hydrogen (secondary N) is 2. The van der Waals surface area contributed by atoms with Gasteiger partial charge in [-0.2, -0.15) is 10.2 Å². The largest absolute Gasteiger partial charge is 0.273 e. The lowest BCUT2D eigenvalue weighted by atomic mass is 9.99. The van der Waals surface area contributed by atoms with E-state index in [1.54, 1.807) is 13.1 Å². The molecule has 0 spiro atoms. The minimum atomic E-state index is -0.317. The highest BCUT2D eigenvalue weighted by atomic mass is 79.9. The molecule has 1 heterocycles. The fourth-order valence-corrected chi connectivity index (χ4v) is 2.30. The molecule has 0 saturated carbocycles. The molecule has 7 heteroatoms. The van der Waals surface area contributed by atoms with Gasteiger partial charge in [-0.25, -0.2) is 10.9 Å². The number of nitrogens with zero attached hydrogens (tertiary/aromatic N) is 2. The second kappa shape index (κ2) is 7.12. The molecule has 6 nitrogen and oxygen atoms in total. The number of amides is 2. The first-order chi connectivity index (χ1) is 10.1. The van der Waals surface area contributed by atoms with Crippen LogP contribution < -0.4 is 10.9 Å². The Labute approximate surface area is 130 Å². The Morgan fingerprint density at radius 2 is 2.29 bits per heavy atom. The van der Waals surface area contributed by atoms with Crippen LogP contribution in [0.4, 0.5) is 0 Å². The van der Waals surface area contributed by atoms with E-state index in [0.29, 0.717) is 12.1 Å². The van der Waals surface area contributed by atoms with Crippen molar-refractivity contribution < 1.29 is 9.59 Å². The zero-order chi connectivity index (χ0) is 15.2. The topological polar surface area (TPSA) is 82.9 Å². The number of carbonyl (C=O) groups is 2. The molecule has 0 bridgehead atoms. The van der Waals surface area contributed by atoms with Crippen LogP contribution in [0.3, 0.4) is 0 Å². The standard InChI is InChI=1S/C14H15BrN4O2/c1-9-11(14(21)19-17-9)6-7-13(20)18-16-8-10-4-2-3-5-12(10)15/h2-5,8,11H,6-7H2,1H3,(H,18,20)(H,19,21). The maximum atomic E-state index is 11.7. The Morgan fingerprint density at radius 1 is 1.52 bits per heavy atom. The average Bonchev–Trinajstić information content (AvgIpc) is 2.78. The van der Waals surface area contributed by atoms with Gasteiger partial charge in [-0.1, -0.05) is 34.1 Å². The molecule has 21 heavy (non-hydrogen) atoms. The fourth-order valence-electron chi connectivity index (χ4n) is 1.91. The lowest BCUT2D eigenvalue weighted by molar-refractivity contribution is -0.123. The molecule has 0 aromatic heterocycles. The number of hydrogen-bond acceptors (Lipinski definition) is 4. The number of rotatable bonds is 5. The predicted octanol–water partition coefficient (Wildman–Crippen LogP) is 1.80. The third kappa shape index (κ3) is 4.22. The Bertz CT molecular complexity index is 613. The van der Waals surface area contributed by atoms with Crippen LogP contribution in [0, 0.1) is 5.92 Å². The Hall–Kier alpha value is -2.02. The van der Waals surface area contributed by atoms with E-state index in [-0.39, 0.29) is 24.2 Å². The molecule has 0 radical (unpaired) electrons. The van der Waals surface area contributed by atoms with Crippen molar-refractivity contribution in [3.8, 4) is 0 Å². The molecule has 2 rings (SSSR count). The van der Waals surface area contributed by atoms with Gasteiger partial charge in [0.25, 0.3) is 0 Å². The first-order valence-electron chi connectivity index (χ1n) is 6.48. The van der Waals surface area contributed by atoms with Crippen LogP contribution >= 0.6 is 15.9 Å². The number of hydrogen-bond donors (Lipinski definition) is 2. The first-order valence-corrected chi connectivity index (χ1v) is 7.27. The molecule has 0 fully saturated rings.